The number of esters is 1. The van der Waals surface area contributed by atoms with Crippen molar-refractivity contribution in [2.45, 2.75) is 32.5 Å². The zero-order valence-corrected chi connectivity index (χ0v) is 12.8. The standard InChI is InChI=1S/C13H16N2O5S/c1-13(2)4-6-7(5-20-13)21-11(8(6)12(18)19-3)15-10(17)9(14)16/h4-5H2,1-3H3,(H2,14,16)(H,15,17). The van der Waals surface area contributed by atoms with E-state index in [9.17, 15) is 14.4 Å². The molecule has 0 atom stereocenters. The predicted molar refractivity (Wildman–Crippen MR) is 76.1 cm³/mol. The van der Waals surface area contributed by atoms with Crippen LogP contribution in [0.15, 0.2) is 0 Å². The number of carbonyl (C=O) groups excluding carboxylic acids is 3. The minimum Gasteiger partial charge on any atom is -0.465 e. The van der Waals surface area contributed by atoms with E-state index in [1.54, 1.807) is 0 Å². The fourth-order valence-electron chi connectivity index (χ4n) is 2.12. The maximum Gasteiger partial charge on any atom is 0.341 e. The minimum atomic E-state index is -1.12. The first-order valence-corrected chi connectivity index (χ1v) is 7.04. The molecule has 2 rings (SSSR count). The Labute approximate surface area is 125 Å². The number of carbonyl (C=O) groups is 3. The molecule has 1 aromatic rings. The number of thiophene rings is 1. The summed E-state index contributed by atoms with van der Waals surface area (Å²) in [6, 6.07) is 0. The number of methoxy groups -OCH3 is 1. The number of primary amides is 1. The number of hydrogen-bond donors (Lipinski definition) is 2. The maximum atomic E-state index is 12.0. The Morgan fingerprint density at radius 1 is 1.38 bits per heavy atom. The Morgan fingerprint density at radius 3 is 2.62 bits per heavy atom. The van der Waals surface area contributed by atoms with Crippen LogP contribution in [0.4, 0.5) is 5.00 Å². The van der Waals surface area contributed by atoms with Gasteiger partial charge in [0.15, 0.2) is 0 Å². The molecule has 0 saturated heterocycles. The van der Waals surface area contributed by atoms with Crippen molar-refractivity contribution in [1.29, 1.82) is 0 Å². The molecule has 0 aromatic carbocycles. The van der Waals surface area contributed by atoms with Gasteiger partial charge in [-0.2, -0.15) is 0 Å². The first kappa shape index (κ1) is 15.5. The van der Waals surface area contributed by atoms with Crippen LogP contribution in [0.3, 0.4) is 0 Å². The van der Waals surface area contributed by atoms with Crippen molar-refractivity contribution < 1.29 is 23.9 Å². The summed E-state index contributed by atoms with van der Waals surface area (Å²) >= 11 is 1.19. The van der Waals surface area contributed by atoms with Crippen LogP contribution in [0.2, 0.25) is 0 Å². The first-order chi connectivity index (χ1) is 9.75. The molecule has 1 aliphatic heterocycles. The van der Waals surface area contributed by atoms with Crippen LogP contribution in [-0.4, -0.2) is 30.5 Å². The second kappa shape index (κ2) is 5.45. The molecule has 2 amide bonds. The van der Waals surface area contributed by atoms with Gasteiger partial charge in [-0.25, -0.2) is 4.79 Å². The number of hydrogen-bond acceptors (Lipinski definition) is 6. The fourth-order valence-corrected chi connectivity index (χ4v) is 3.24. The highest BCUT2D eigenvalue weighted by atomic mass is 32.1. The largest absolute Gasteiger partial charge is 0.465 e. The third-order valence-electron chi connectivity index (χ3n) is 3.13. The smallest absolute Gasteiger partial charge is 0.341 e. The second-order valence-electron chi connectivity index (χ2n) is 5.24. The van der Waals surface area contributed by atoms with Crippen LogP contribution >= 0.6 is 11.3 Å². The lowest BCUT2D eigenvalue weighted by Gasteiger charge is -2.30. The van der Waals surface area contributed by atoms with Crippen LogP contribution < -0.4 is 11.1 Å². The van der Waals surface area contributed by atoms with Crippen LogP contribution in [0.25, 0.3) is 0 Å². The summed E-state index contributed by atoms with van der Waals surface area (Å²) in [4.78, 5) is 35.2. The number of ether oxygens (including phenoxy) is 2. The molecule has 114 valence electrons. The molecule has 0 bridgehead atoms. The number of fused-ring (bicyclic) bond motifs is 1. The quantitative estimate of drug-likeness (QED) is 0.620. The Kier molecular flexibility index (Phi) is 4.02. The summed E-state index contributed by atoms with van der Waals surface area (Å²) in [5.74, 6) is -2.65. The Hall–Kier alpha value is -1.93. The van der Waals surface area contributed by atoms with Gasteiger partial charge in [-0.1, -0.05) is 0 Å². The van der Waals surface area contributed by atoms with Crippen molar-refractivity contribution in [2.24, 2.45) is 5.73 Å². The van der Waals surface area contributed by atoms with Crippen LogP contribution in [0.5, 0.6) is 0 Å². The van der Waals surface area contributed by atoms with Crippen molar-refractivity contribution in [3.63, 3.8) is 0 Å². The molecule has 3 N–H and O–H groups in total. The SMILES string of the molecule is COC(=O)c1c(NC(=O)C(N)=O)sc2c1CC(C)(C)OC2. The van der Waals surface area contributed by atoms with E-state index < -0.39 is 23.4 Å². The average molecular weight is 312 g/mol. The predicted octanol–water partition coefficient (Wildman–Crippen LogP) is 0.810. The van der Waals surface area contributed by atoms with Gasteiger partial charge >= 0.3 is 17.8 Å². The fraction of sp³-hybridized carbons (Fsp3) is 0.462. The Balaban J connectivity index is 2.47. The second-order valence-corrected chi connectivity index (χ2v) is 6.35. The van der Waals surface area contributed by atoms with Crippen molar-refractivity contribution in [2.75, 3.05) is 12.4 Å². The van der Waals surface area contributed by atoms with E-state index in [4.69, 9.17) is 15.2 Å². The minimum absolute atomic E-state index is 0.261. The molecule has 0 radical (unpaired) electrons. The number of anilines is 1. The third kappa shape index (κ3) is 3.06. The summed E-state index contributed by atoms with van der Waals surface area (Å²) in [5.41, 5.74) is 5.55. The van der Waals surface area contributed by atoms with Crippen molar-refractivity contribution in [3.05, 3.63) is 16.0 Å². The highest BCUT2D eigenvalue weighted by Crippen LogP contribution is 2.40. The molecule has 0 unspecified atom stereocenters. The van der Waals surface area contributed by atoms with E-state index in [0.29, 0.717) is 13.0 Å². The summed E-state index contributed by atoms with van der Waals surface area (Å²) < 4.78 is 10.5. The third-order valence-corrected chi connectivity index (χ3v) is 4.25. The van der Waals surface area contributed by atoms with Gasteiger partial charge in [0.2, 0.25) is 0 Å². The van der Waals surface area contributed by atoms with E-state index in [2.05, 4.69) is 5.32 Å². The number of rotatable bonds is 2. The molecule has 0 spiro atoms. The first-order valence-electron chi connectivity index (χ1n) is 6.23. The van der Waals surface area contributed by atoms with Gasteiger partial charge in [0, 0.05) is 11.3 Å². The number of nitrogens with two attached hydrogens (primary N) is 1. The molecule has 0 aliphatic carbocycles. The van der Waals surface area contributed by atoms with Gasteiger partial charge in [-0.15, -0.1) is 11.3 Å². The highest BCUT2D eigenvalue weighted by molar-refractivity contribution is 7.17. The topological polar surface area (TPSA) is 108 Å². The Morgan fingerprint density at radius 2 is 2.05 bits per heavy atom. The lowest BCUT2D eigenvalue weighted by atomic mass is 9.93. The molecule has 7 nitrogen and oxygen atoms in total. The lowest BCUT2D eigenvalue weighted by molar-refractivity contribution is -0.134. The Bertz CT molecular complexity index is 620. The molecule has 8 heteroatoms. The lowest BCUT2D eigenvalue weighted by Crippen LogP contribution is -2.32. The molecule has 0 saturated carbocycles. The molecular weight excluding hydrogens is 296 g/mol. The van der Waals surface area contributed by atoms with Gasteiger partial charge in [0.25, 0.3) is 0 Å². The van der Waals surface area contributed by atoms with Crippen LogP contribution in [-0.2, 0) is 32.1 Å². The summed E-state index contributed by atoms with van der Waals surface area (Å²) in [6.45, 7) is 4.16. The van der Waals surface area contributed by atoms with E-state index in [1.807, 2.05) is 13.8 Å². The number of amides is 2. The van der Waals surface area contributed by atoms with Gasteiger partial charge < -0.3 is 20.5 Å². The normalized spacial score (nSPS) is 16.0. The molecular formula is C13H16N2O5S. The maximum absolute atomic E-state index is 12.0. The molecule has 0 fully saturated rings. The van der Waals surface area contributed by atoms with Gasteiger partial charge in [-0.3, -0.25) is 9.59 Å². The van der Waals surface area contributed by atoms with Gasteiger partial charge in [0.05, 0.1) is 24.9 Å². The zero-order chi connectivity index (χ0) is 15.8. The summed E-state index contributed by atoms with van der Waals surface area (Å²) in [5, 5.41) is 2.62. The average Bonchev–Trinajstić information content (AvgIpc) is 2.73. The zero-order valence-electron chi connectivity index (χ0n) is 11.9. The van der Waals surface area contributed by atoms with E-state index in [-0.39, 0.29) is 10.6 Å². The number of nitrogens with one attached hydrogen (secondary N) is 1. The van der Waals surface area contributed by atoms with Crippen LogP contribution in [0, 0.1) is 0 Å². The van der Waals surface area contributed by atoms with Crippen LogP contribution in [0.1, 0.15) is 34.6 Å². The van der Waals surface area contributed by atoms with Crippen molar-refractivity contribution >= 4 is 34.1 Å². The van der Waals surface area contributed by atoms with Gasteiger partial charge in [-0.05, 0) is 19.4 Å². The highest BCUT2D eigenvalue weighted by Gasteiger charge is 2.34. The molecule has 21 heavy (non-hydrogen) atoms. The molecule has 2 heterocycles. The van der Waals surface area contributed by atoms with Crippen molar-refractivity contribution in [3.8, 4) is 0 Å². The summed E-state index contributed by atoms with van der Waals surface area (Å²) in [7, 11) is 1.26. The molecule has 1 aliphatic rings. The molecule has 1 aromatic heterocycles. The summed E-state index contributed by atoms with van der Waals surface area (Å²) in [6.07, 6.45) is 0.510. The van der Waals surface area contributed by atoms with Gasteiger partial charge in [0.1, 0.15) is 5.00 Å². The monoisotopic (exact) mass is 312 g/mol. The van der Waals surface area contributed by atoms with E-state index in [1.165, 1.54) is 18.4 Å². The van der Waals surface area contributed by atoms with Crippen molar-refractivity contribution in [1.82, 2.24) is 0 Å². The van der Waals surface area contributed by atoms with E-state index in [0.717, 1.165) is 10.4 Å². The van der Waals surface area contributed by atoms with E-state index >= 15 is 0 Å².